The Morgan fingerprint density at radius 3 is 2.18 bits per heavy atom. The number of likely N-dealkylation sites (tertiary alicyclic amines) is 1. The summed E-state index contributed by atoms with van der Waals surface area (Å²) in [4.78, 5) is 37.0. The molecule has 3 fully saturated rings. The van der Waals surface area contributed by atoms with Crippen LogP contribution in [0.4, 0.5) is 19.0 Å². The zero-order valence-corrected chi connectivity index (χ0v) is 19.2. The monoisotopic (exact) mass is 487 g/mol. The minimum absolute atomic E-state index is 0.0331. The summed E-state index contributed by atoms with van der Waals surface area (Å²) in [5.74, 6) is 0.501. The lowest BCUT2D eigenvalue weighted by Gasteiger charge is -2.39. The third-order valence-corrected chi connectivity index (χ3v) is 7.07. The van der Waals surface area contributed by atoms with Crippen LogP contribution in [0.5, 0.6) is 0 Å². The number of nitrogens with zero attached hydrogens (tertiary/aromatic N) is 5. The number of piperidine rings is 1. The smallest absolute Gasteiger partial charge is 0.355 e. The number of hydrogen-bond acceptors (Lipinski definition) is 5. The quantitative estimate of drug-likeness (QED) is 0.653. The summed E-state index contributed by atoms with van der Waals surface area (Å²) in [7, 11) is 0. The number of pyridine rings is 1. The van der Waals surface area contributed by atoms with E-state index < -0.39 is 11.7 Å². The molecule has 0 saturated carbocycles. The molecule has 0 bridgehead atoms. The van der Waals surface area contributed by atoms with Gasteiger partial charge in [0.05, 0.1) is 17.1 Å². The van der Waals surface area contributed by atoms with Crippen molar-refractivity contribution in [2.45, 2.75) is 31.9 Å². The van der Waals surface area contributed by atoms with Crippen LogP contribution in [0.1, 0.15) is 31.2 Å². The number of alkyl halides is 3. The second kappa shape index (κ2) is 10.0. The number of amides is 2. The zero-order valence-electron chi connectivity index (χ0n) is 18.5. The van der Waals surface area contributed by atoms with Crippen molar-refractivity contribution in [3.63, 3.8) is 0 Å². The van der Waals surface area contributed by atoms with Gasteiger partial charge in [0, 0.05) is 64.5 Å². The minimum Gasteiger partial charge on any atom is -0.355 e. The molecule has 1 aromatic rings. The maximum atomic E-state index is 13.0. The third-order valence-electron chi connectivity index (χ3n) is 6.79. The second-order valence-electron chi connectivity index (χ2n) is 8.98. The topological polar surface area (TPSA) is 60.0 Å². The summed E-state index contributed by atoms with van der Waals surface area (Å²) in [6.45, 7) is 5.74. The highest BCUT2D eigenvalue weighted by atomic mass is 35.5. The van der Waals surface area contributed by atoms with Gasteiger partial charge in [0.2, 0.25) is 11.8 Å². The fourth-order valence-electron chi connectivity index (χ4n) is 4.80. The number of carbonyl (C=O) groups is 2. The predicted molar refractivity (Wildman–Crippen MR) is 118 cm³/mol. The fourth-order valence-corrected chi connectivity index (χ4v) is 5.08. The molecule has 3 aliphatic rings. The van der Waals surface area contributed by atoms with Gasteiger partial charge in [-0.05, 0) is 31.7 Å². The standard InChI is InChI=1S/C22H29ClF3N5O2/c23-18-13-17(22(24,25)26)14-27-20(18)30-7-3-16(4-8-30)21(33)31-11-9-28(10-12-31)15-19(32)29-5-1-2-6-29/h13-14,16H,1-12,15H2. The van der Waals surface area contributed by atoms with Crippen LogP contribution >= 0.6 is 11.6 Å². The number of carbonyl (C=O) groups excluding carboxylic acids is 2. The van der Waals surface area contributed by atoms with Gasteiger partial charge in [0.25, 0.3) is 0 Å². The molecule has 0 spiro atoms. The Bertz CT molecular complexity index is 862. The first-order chi connectivity index (χ1) is 15.7. The van der Waals surface area contributed by atoms with E-state index in [4.69, 9.17) is 11.6 Å². The Labute approximate surface area is 196 Å². The van der Waals surface area contributed by atoms with E-state index >= 15 is 0 Å². The summed E-state index contributed by atoms with van der Waals surface area (Å²) in [5.41, 5.74) is -0.873. The molecule has 11 heteroatoms. The first-order valence-electron chi connectivity index (χ1n) is 11.5. The van der Waals surface area contributed by atoms with E-state index in [0.717, 1.165) is 38.2 Å². The number of aromatic nitrogens is 1. The van der Waals surface area contributed by atoms with Crippen LogP contribution in [0.15, 0.2) is 12.3 Å². The highest BCUT2D eigenvalue weighted by molar-refractivity contribution is 6.33. The average Bonchev–Trinajstić information content (AvgIpc) is 3.34. The summed E-state index contributed by atoms with van der Waals surface area (Å²) < 4.78 is 38.5. The highest BCUT2D eigenvalue weighted by Gasteiger charge is 2.34. The van der Waals surface area contributed by atoms with Crippen LogP contribution < -0.4 is 4.90 Å². The van der Waals surface area contributed by atoms with Gasteiger partial charge in [0.15, 0.2) is 0 Å². The molecule has 0 radical (unpaired) electrons. The van der Waals surface area contributed by atoms with Crippen molar-refractivity contribution >= 4 is 29.2 Å². The molecule has 4 rings (SSSR count). The number of rotatable bonds is 4. The molecule has 0 atom stereocenters. The maximum absolute atomic E-state index is 13.0. The molecule has 2 amide bonds. The molecule has 0 aliphatic carbocycles. The van der Waals surface area contributed by atoms with Crippen LogP contribution in [0.3, 0.4) is 0 Å². The molecule has 7 nitrogen and oxygen atoms in total. The SMILES string of the molecule is O=C(CN1CCN(C(=O)C2CCN(c3ncc(C(F)(F)F)cc3Cl)CC2)CC1)N1CCCC1. The van der Waals surface area contributed by atoms with Crippen LogP contribution in [-0.4, -0.2) is 90.4 Å². The van der Waals surface area contributed by atoms with E-state index in [2.05, 4.69) is 9.88 Å². The largest absolute Gasteiger partial charge is 0.417 e. The Balaban J connectivity index is 1.24. The van der Waals surface area contributed by atoms with E-state index in [1.807, 2.05) is 14.7 Å². The lowest BCUT2D eigenvalue weighted by Crippen LogP contribution is -2.53. The molecule has 3 aliphatic heterocycles. The van der Waals surface area contributed by atoms with Crippen LogP contribution in [0.25, 0.3) is 0 Å². The van der Waals surface area contributed by atoms with Gasteiger partial charge in [-0.3, -0.25) is 14.5 Å². The summed E-state index contributed by atoms with van der Waals surface area (Å²) in [6.07, 6.45) is -0.328. The summed E-state index contributed by atoms with van der Waals surface area (Å²) in [5, 5.41) is -0.0331. The van der Waals surface area contributed by atoms with Crippen LogP contribution in [0.2, 0.25) is 5.02 Å². The van der Waals surface area contributed by atoms with E-state index in [-0.39, 0.29) is 22.8 Å². The van der Waals surface area contributed by atoms with Crippen molar-refractivity contribution in [1.82, 2.24) is 19.7 Å². The maximum Gasteiger partial charge on any atom is 0.417 e. The van der Waals surface area contributed by atoms with Gasteiger partial charge in [-0.25, -0.2) is 4.98 Å². The van der Waals surface area contributed by atoms with Crippen LogP contribution in [-0.2, 0) is 15.8 Å². The lowest BCUT2D eigenvalue weighted by atomic mass is 9.95. The number of hydrogen-bond donors (Lipinski definition) is 0. The second-order valence-corrected chi connectivity index (χ2v) is 9.39. The lowest BCUT2D eigenvalue weighted by molar-refractivity contribution is -0.139. The van der Waals surface area contributed by atoms with Crippen LogP contribution in [0, 0.1) is 5.92 Å². The first kappa shape index (κ1) is 24.1. The van der Waals surface area contributed by atoms with E-state index in [1.54, 1.807) is 0 Å². The predicted octanol–water partition coefficient (Wildman–Crippen LogP) is 2.74. The van der Waals surface area contributed by atoms with Crippen molar-refractivity contribution in [3.8, 4) is 0 Å². The number of halogens is 4. The van der Waals surface area contributed by atoms with E-state index in [0.29, 0.717) is 64.5 Å². The Kier molecular flexibility index (Phi) is 7.33. The van der Waals surface area contributed by atoms with Crippen molar-refractivity contribution < 1.29 is 22.8 Å². The van der Waals surface area contributed by atoms with Crippen molar-refractivity contribution in [2.75, 3.05) is 63.8 Å². The average molecular weight is 488 g/mol. The van der Waals surface area contributed by atoms with Crippen molar-refractivity contribution in [1.29, 1.82) is 0 Å². The van der Waals surface area contributed by atoms with Gasteiger partial charge in [-0.15, -0.1) is 0 Å². The third kappa shape index (κ3) is 5.71. The van der Waals surface area contributed by atoms with Gasteiger partial charge >= 0.3 is 6.18 Å². The molecular weight excluding hydrogens is 459 g/mol. The molecule has 0 aromatic carbocycles. The van der Waals surface area contributed by atoms with Gasteiger partial charge in [-0.2, -0.15) is 13.2 Å². The molecule has 182 valence electrons. The Hall–Kier alpha value is -2.07. The van der Waals surface area contributed by atoms with Crippen molar-refractivity contribution in [3.05, 3.63) is 22.8 Å². The normalized spacial score (nSPS) is 21.0. The van der Waals surface area contributed by atoms with Gasteiger partial charge in [-0.1, -0.05) is 11.6 Å². The highest BCUT2D eigenvalue weighted by Crippen LogP contribution is 2.34. The minimum atomic E-state index is -4.49. The molecular formula is C22H29ClF3N5O2. The molecule has 33 heavy (non-hydrogen) atoms. The molecule has 0 unspecified atom stereocenters. The zero-order chi connectivity index (χ0) is 23.6. The Morgan fingerprint density at radius 1 is 0.970 bits per heavy atom. The van der Waals surface area contributed by atoms with Gasteiger partial charge < -0.3 is 14.7 Å². The molecule has 4 heterocycles. The number of piperazine rings is 1. The van der Waals surface area contributed by atoms with E-state index in [9.17, 15) is 22.8 Å². The first-order valence-corrected chi connectivity index (χ1v) is 11.9. The Morgan fingerprint density at radius 2 is 1.61 bits per heavy atom. The summed E-state index contributed by atoms with van der Waals surface area (Å²) >= 11 is 6.07. The summed E-state index contributed by atoms with van der Waals surface area (Å²) in [6, 6.07) is 0.898. The number of anilines is 1. The van der Waals surface area contributed by atoms with Crippen molar-refractivity contribution in [2.24, 2.45) is 5.92 Å². The fraction of sp³-hybridized carbons (Fsp3) is 0.682. The molecule has 3 saturated heterocycles. The molecule has 1 aromatic heterocycles. The van der Waals surface area contributed by atoms with E-state index in [1.165, 1.54) is 0 Å². The molecule has 0 N–H and O–H groups in total. The van der Waals surface area contributed by atoms with Gasteiger partial charge in [0.1, 0.15) is 5.82 Å².